The summed E-state index contributed by atoms with van der Waals surface area (Å²) in [6.45, 7) is 2.57. The summed E-state index contributed by atoms with van der Waals surface area (Å²) in [7, 11) is 0. The SMILES string of the molecule is CC(=O)N[C@@H]1CCCC[C@H]1N(CCO)C1CC1. The van der Waals surface area contributed by atoms with Gasteiger partial charge in [0.2, 0.25) is 5.91 Å². The van der Waals surface area contributed by atoms with Gasteiger partial charge >= 0.3 is 0 Å². The van der Waals surface area contributed by atoms with E-state index in [1.54, 1.807) is 6.92 Å². The number of carbonyl (C=O) groups is 1. The minimum Gasteiger partial charge on any atom is -0.395 e. The molecule has 4 heteroatoms. The molecule has 2 aliphatic carbocycles. The van der Waals surface area contributed by atoms with Gasteiger partial charge in [-0.2, -0.15) is 0 Å². The second kappa shape index (κ2) is 5.83. The third kappa shape index (κ3) is 3.42. The normalized spacial score (nSPS) is 29.4. The van der Waals surface area contributed by atoms with E-state index in [0.717, 1.165) is 19.4 Å². The summed E-state index contributed by atoms with van der Waals surface area (Å²) in [6, 6.07) is 1.38. The van der Waals surface area contributed by atoms with Crippen LogP contribution in [0.5, 0.6) is 0 Å². The van der Waals surface area contributed by atoms with E-state index in [2.05, 4.69) is 10.2 Å². The lowest BCUT2D eigenvalue weighted by molar-refractivity contribution is -0.120. The van der Waals surface area contributed by atoms with E-state index in [0.29, 0.717) is 12.1 Å². The van der Waals surface area contributed by atoms with Crippen LogP contribution in [0.4, 0.5) is 0 Å². The van der Waals surface area contributed by atoms with E-state index in [-0.39, 0.29) is 18.6 Å². The van der Waals surface area contributed by atoms with Crippen LogP contribution in [0.3, 0.4) is 0 Å². The zero-order chi connectivity index (χ0) is 12.3. The molecule has 0 bridgehead atoms. The Morgan fingerprint density at radius 2 is 2.00 bits per heavy atom. The molecule has 4 nitrogen and oxygen atoms in total. The van der Waals surface area contributed by atoms with Crippen molar-refractivity contribution < 1.29 is 9.90 Å². The zero-order valence-corrected chi connectivity index (χ0v) is 10.7. The number of aliphatic hydroxyl groups is 1. The summed E-state index contributed by atoms with van der Waals surface area (Å²) in [5, 5.41) is 12.3. The Hall–Kier alpha value is -0.610. The minimum absolute atomic E-state index is 0.0710. The lowest BCUT2D eigenvalue weighted by Crippen LogP contribution is -2.54. The van der Waals surface area contributed by atoms with Gasteiger partial charge in [0, 0.05) is 31.6 Å². The van der Waals surface area contributed by atoms with Crippen LogP contribution in [0.25, 0.3) is 0 Å². The first-order chi connectivity index (χ1) is 8.22. The maximum Gasteiger partial charge on any atom is 0.217 e. The van der Waals surface area contributed by atoms with Crippen LogP contribution in [0.15, 0.2) is 0 Å². The predicted octanol–water partition coefficient (Wildman–Crippen LogP) is 0.890. The average molecular weight is 240 g/mol. The summed E-state index contributed by atoms with van der Waals surface area (Å²) in [4.78, 5) is 13.7. The largest absolute Gasteiger partial charge is 0.395 e. The molecule has 0 spiro atoms. The summed E-state index contributed by atoms with van der Waals surface area (Å²) in [6.07, 6.45) is 7.20. The molecule has 0 aromatic carbocycles. The van der Waals surface area contributed by atoms with Crippen molar-refractivity contribution >= 4 is 5.91 Å². The molecule has 0 saturated heterocycles. The fourth-order valence-electron chi connectivity index (χ4n) is 3.08. The molecule has 2 fully saturated rings. The first-order valence-electron chi connectivity index (χ1n) is 6.86. The summed E-state index contributed by atoms with van der Waals surface area (Å²) in [5.74, 6) is 0.0710. The molecular weight excluding hydrogens is 216 g/mol. The van der Waals surface area contributed by atoms with E-state index >= 15 is 0 Å². The van der Waals surface area contributed by atoms with Gasteiger partial charge in [-0.25, -0.2) is 0 Å². The van der Waals surface area contributed by atoms with Crippen molar-refractivity contribution in [2.45, 2.75) is 63.6 Å². The molecule has 2 atom stereocenters. The molecule has 1 amide bonds. The smallest absolute Gasteiger partial charge is 0.217 e. The van der Waals surface area contributed by atoms with E-state index in [9.17, 15) is 9.90 Å². The van der Waals surface area contributed by atoms with Gasteiger partial charge in [0.15, 0.2) is 0 Å². The van der Waals surface area contributed by atoms with Gasteiger partial charge in [-0.1, -0.05) is 12.8 Å². The Morgan fingerprint density at radius 1 is 1.29 bits per heavy atom. The number of nitrogens with one attached hydrogen (secondary N) is 1. The zero-order valence-electron chi connectivity index (χ0n) is 10.7. The highest BCUT2D eigenvalue weighted by atomic mass is 16.3. The highest BCUT2D eigenvalue weighted by Crippen LogP contribution is 2.33. The summed E-state index contributed by atoms with van der Waals surface area (Å²) < 4.78 is 0. The van der Waals surface area contributed by atoms with Gasteiger partial charge in [0.25, 0.3) is 0 Å². The van der Waals surface area contributed by atoms with Crippen LogP contribution in [-0.4, -0.2) is 47.2 Å². The van der Waals surface area contributed by atoms with Crippen LogP contribution >= 0.6 is 0 Å². The van der Waals surface area contributed by atoms with Crippen molar-refractivity contribution in [2.24, 2.45) is 0 Å². The highest BCUT2D eigenvalue weighted by molar-refractivity contribution is 5.73. The first-order valence-corrected chi connectivity index (χ1v) is 6.86. The van der Waals surface area contributed by atoms with E-state index in [1.165, 1.54) is 25.7 Å². The van der Waals surface area contributed by atoms with Crippen molar-refractivity contribution in [1.29, 1.82) is 0 Å². The second-order valence-electron chi connectivity index (χ2n) is 5.35. The highest BCUT2D eigenvalue weighted by Gasteiger charge is 2.38. The van der Waals surface area contributed by atoms with Gasteiger partial charge in [-0.15, -0.1) is 0 Å². The topological polar surface area (TPSA) is 52.6 Å². The summed E-state index contributed by atoms with van der Waals surface area (Å²) in [5.41, 5.74) is 0. The van der Waals surface area contributed by atoms with Gasteiger partial charge in [-0.3, -0.25) is 9.69 Å². The van der Waals surface area contributed by atoms with Crippen LogP contribution < -0.4 is 5.32 Å². The van der Waals surface area contributed by atoms with Crippen LogP contribution in [0.2, 0.25) is 0 Å². The molecule has 0 radical (unpaired) electrons. The quantitative estimate of drug-likeness (QED) is 0.750. The number of amides is 1. The molecule has 0 heterocycles. The molecule has 2 rings (SSSR count). The van der Waals surface area contributed by atoms with Crippen molar-refractivity contribution in [3.63, 3.8) is 0 Å². The molecular formula is C13H24N2O2. The van der Waals surface area contributed by atoms with Crippen LogP contribution in [-0.2, 0) is 4.79 Å². The third-order valence-electron chi connectivity index (χ3n) is 3.92. The Balaban J connectivity index is 1.99. The van der Waals surface area contributed by atoms with Crippen LogP contribution in [0, 0.1) is 0 Å². The van der Waals surface area contributed by atoms with E-state index < -0.39 is 0 Å². The van der Waals surface area contributed by atoms with E-state index in [1.807, 2.05) is 0 Å². The van der Waals surface area contributed by atoms with Gasteiger partial charge in [0.1, 0.15) is 0 Å². The lowest BCUT2D eigenvalue weighted by atomic mass is 9.89. The van der Waals surface area contributed by atoms with E-state index in [4.69, 9.17) is 0 Å². The molecule has 0 unspecified atom stereocenters. The lowest BCUT2D eigenvalue weighted by Gasteiger charge is -2.40. The Kier molecular flexibility index (Phi) is 4.40. The maximum atomic E-state index is 11.2. The van der Waals surface area contributed by atoms with Crippen molar-refractivity contribution in [1.82, 2.24) is 10.2 Å². The molecule has 2 N–H and O–H groups in total. The second-order valence-corrected chi connectivity index (χ2v) is 5.35. The van der Waals surface area contributed by atoms with Crippen molar-refractivity contribution in [3.8, 4) is 0 Å². The van der Waals surface area contributed by atoms with Gasteiger partial charge in [-0.05, 0) is 25.7 Å². The number of aliphatic hydroxyl groups excluding tert-OH is 1. The fraction of sp³-hybridized carbons (Fsp3) is 0.923. The third-order valence-corrected chi connectivity index (χ3v) is 3.92. The average Bonchev–Trinajstić information content (AvgIpc) is 3.10. The Bertz CT molecular complexity index is 266. The van der Waals surface area contributed by atoms with Crippen LogP contribution in [0.1, 0.15) is 45.4 Å². The van der Waals surface area contributed by atoms with Gasteiger partial charge < -0.3 is 10.4 Å². The maximum absolute atomic E-state index is 11.2. The predicted molar refractivity (Wildman–Crippen MR) is 66.7 cm³/mol. The molecule has 98 valence electrons. The van der Waals surface area contributed by atoms with Crippen molar-refractivity contribution in [3.05, 3.63) is 0 Å². The number of hydrogen-bond acceptors (Lipinski definition) is 3. The monoisotopic (exact) mass is 240 g/mol. The minimum atomic E-state index is 0.0710. The standard InChI is InChI=1S/C13H24N2O2/c1-10(17)14-12-4-2-3-5-13(12)15(8-9-16)11-6-7-11/h11-13,16H,2-9H2,1H3,(H,14,17)/t12-,13-/m1/s1. The summed E-state index contributed by atoms with van der Waals surface area (Å²) >= 11 is 0. The number of carbonyl (C=O) groups excluding carboxylic acids is 1. The molecule has 2 saturated carbocycles. The molecule has 2 aliphatic rings. The number of rotatable bonds is 5. The Labute approximate surface area is 103 Å². The Morgan fingerprint density at radius 3 is 2.59 bits per heavy atom. The number of hydrogen-bond donors (Lipinski definition) is 2. The molecule has 0 aliphatic heterocycles. The first kappa shape index (κ1) is 12.8. The molecule has 0 aromatic rings. The molecule has 17 heavy (non-hydrogen) atoms. The van der Waals surface area contributed by atoms with Gasteiger partial charge in [0.05, 0.1) is 6.61 Å². The number of nitrogens with zero attached hydrogens (tertiary/aromatic N) is 1. The van der Waals surface area contributed by atoms with Crippen molar-refractivity contribution in [2.75, 3.05) is 13.2 Å². The molecule has 0 aromatic heterocycles. The fourth-order valence-corrected chi connectivity index (χ4v) is 3.08.